The van der Waals surface area contributed by atoms with E-state index < -0.39 is 0 Å². The van der Waals surface area contributed by atoms with Crippen LogP contribution in [0.2, 0.25) is 0 Å². The van der Waals surface area contributed by atoms with E-state index in [2.05, 4.69) is 29.3 Å². The van der Waals surface area contributed by atoms with Gasteiger partial charge in [0, 0.05) is 18.8 Å². The summed E-state index contributed by atoms with van der Waals surface area (Å²) in [6, 6.07) is 11.5. The molecule has 0 aliphatic heterocycles. The molecular formula is C18H20N4O2. The molecule has 6 nitrogen and oxygen atoms in total. The van der Waals surface area contributed by atoms with Crippen molar-refractivity contribution in [2.24, 2.45) is 0 Å². The predicted octanol–water partition coefficient (Wildman–Crippen LogP) is 3.60. The zero-order chi connectivity index (χ0) is 17.1. The van der Waals surface area contributed by atoms with Crippen LogP contribution in [-0.2, 0) is 6.54 Å². The lowest BCUT2D eigenvalue weighted by atomic mass is 10.0. The van der Waals surface area contributed by atoms with Gasteiger partial charge in [0.25, 0.3) is 5.91 Å². The van der Waals surface area contributed by atoms with Crippen LogP contribution < -0.4 is 5.32 Å². The highest BCUT2D eigenvalue weighted by molar-refractivity contribution is 6.03. The first-order valence-electron chi connectivity index (χ1n) is 7.88. The van der Waals surface area contributed by atoms with Crippen LogP contribution in [0.1, 0.15) is 47.5 Å². The van der Waals surface area contributed by atoms with Crippen LogP contribution in [0.5, 0.6) is 0 Å². The summed E-state index contributed by atoms with van der Waals surface area (Å²) in [6.07, 6.45) is 1.82. The summed E-state index contributed by atoms with van der Waals surface area (Å²) in [4.78, 5) is 16.7. The molecule has 0 aliphatic carbocycles. The Kier molecular flexibility index (Phi) is 4.46. The summed E-state index contributed by atoms with van der Waals surface area (Å²) in [5.41, 5.74) is 2.56. The molecule has 2 heterocycles. The molecule has 0 bridgehead atoms. The number of hydrogen-bond acceptors (Lipinski definition) is 4. The zero-order valence-corrected chi connectivity index (χ0v) is 14.0. The van der Waals surface area contributed by atoms with E-state index in [0.29, 0.717) is 29.9 Å². The Morgan fingerprint density at radius 3 is 2.62 bits per heavy atom. The van der Waals surface area contributed by atoms with Crippen LogP contribution in [0.3, 0.4) is 0 Å². The molecule has 3 rings (SSSR count). The molecule has 3 aromatic rings. The van der Waals surface area contributed by atoms with E-state index in [-0.39, 0.29) is 5.91 Å². The van der Waals surface area contributed by atoms with Gasteiger partial charge in [-0.15, -0.1) is 0 Å². The average Bonchev–Trinajstić information content (AvgIpc) is 3.17. The van der Waals surface area contributed by atoms with Crippen molar-refractivity contribution in [3.05, 3.63) is 65.6 Å². The Hall–Kier alpha value is -2.89. The van der Waals surface area contributed by atoms with Crippen molar-refractivity contribution in [3.63, 3.8) is 0 Å². The van der Waals surface area contributed by atoms with Crippen molar-refractivity contribution in [3.8, 4) is 0 Å². The first-order chi connectivity index (χ1) is 11.5. The highest BCUT2D eigenvalue weighted by Crippen LogP contribution is 2.18. The molecule has 1 amide bonds. The lowest BCUT2D eigenvalue weighted by molar-refractivity contribution is 0.101. The summed E-state index contributed by atoms with van der Waals surface area (Å²) < 4.78 is 6.76. The third-order valence-electron chi connectivity index (χ3n) is 3.78. The van der Waals surface area contributed by atoms with Gasteiger partial charge in [0.2, 0.25) is 5.89 Å². The molecule has 0 spiro atoms. The Morgan fingerprint density at radius 2 is 2.00 bits per heavy atom. The van der Waals surface area contributed by atoms with Crippen molar-refractivity contribution in [1.29, 1.82) is 0 Å². The molecular weight excluding hydrogens is 304 g/mol. The van der Waals surface area contributed by atoms with Gasteiger partial charge in [0.05, 0.1) is 6.54 Å². The van der Waals surface area contributed by atoms with Gasteiger partial charge in [0.1, 0.15) is 5.69 Å². The molecule has 0 unspecified atom stereocenters. The van der Waals surface area contributed by atoms with Gasteiger partial charge >= 0.3 is 0 Å². The summed E-state index contributed by atoms with van der Waals surface area (Å²) in [6.45, 7) is 6.40. The lowest BCUT2D eigenvalue weighted by Gasteiger charge is -2.10. The summed E-state index contributed by atoms with van der Waals surface area (Å²) >= 11 is 0. The fraction of sp³-hybridized carbons (Fsp3) is 0.278. The maximum absolute atomic E-state index is 12.5. The lowest BCUT2D eigenvalue weighted by Crippen LogP contribution is -2.17. The maximum Gasteiger partial charge on any atom is 0.272 e. The van der Waals surface area contributed by atoms with Gasteiger partial charge in [0.15, 0.2) is 5.82 Å². The average molecular weight is 324 g/mol. The topological polar surface area (TPSA) is 73.0 Å². The molecule has 24 heavy (non-hydrogen) atoms. The van der Waals surface area contributed by atoms with E-state index >= 15 is 0 Å². The molecule has 0 radical (unpaired) electrons. The summed E-state index contributed by atoms with van der Waals surface area (Å²) in [7, 11) is 0. The van der Waals surface area contributed by atoms with Crippen molar-refractivity contribution < 1.29 is 9.32 Å². The second kappa shape index (κ2) is 6.70. The number of carbonyl (C=O) groups excluding carboxylic acids is 1. The molecule has 2 aromatic heterocycles. The number of amides is 1. The standard InChI is InChI=1S/C18H20N4O2/c1-12(2)14-6-8-15(9-7-14)20-18(23)16-5-4-10-22(16)11-17-19-13(3)24-21-17/h4-10,12H,11H2,1-3H3,(H,20,23). The largest absolute Gasteiger partial charge is 0.340 e. The zero-order valence-electron chi connectivity index (χ0n) is 14.0. The van der Waals surface area contributed by atoms with E-state index in [0.717, 1.165) is 5.69 Å². The summed E-state index contributed by atoms with van der Waals surface area (Å²) in [5.74, 6) is 1.34. The molecule has 1 N–H and O–H groups in total. The SMILES string of the molecule is Cc1nc(Cn2cccc2C(=O)Nc2ccc(C(C)C)cc2)no1. The highest BCUT2D eigenvalue weighted by atomic mass is 16.5. The van der Waals surface area contributed by atoms with Gasteiger partial charge < -0.3 is 14.4 Å². The second-order valence-corrected chi connectivity index (χ2v) is 5.98. The Balaban J connectivity index is 1.72. The Labute approximate surface area is 140 Å². The molecule has 0 aliphatic rings. The number of rotatable bonds is 5. The van der Waals surface area contributed by atoms with E-state index in [1.807, 2.05) is 36.5 Å². The fourth-order valence-corrected chi connectivity index (χ4v) is 2.46. The van der Waals surface area contributed by atoms with Gasteiger partial charge in [-0.3, -0.25) is 4.79 Å². The maximum atomic E-state index is 12.5. The van der Waals surface area contributed by atoms with Crippen LogP contribution >= 0.6 is 0 Å². The van der Waals surface area contributed by atoms with Crippen molar-refractivity contribution in [2.45, 2.75) is 33.2 Å². The number of nitrogens with zero attached hydrogens (tertiary/aromatic N) is 3. The predicted molar refractivity (Wildman–Crippen MR) is 91.1 cm³/mol. The normalized spacial score (nSPS) is 11.0. The van der Waals surface area contributed by atoms with Crippen LogP contribution in [0.4, 0.5) is 5.69 Å². The van der Waals surface area contributed by atoms with Crippen molar-refractivity contribution >= 4 is 11.6 Å². The van der Waals surface area contributed by atoms with Crippen LogP contribution in [0.25, 0.3) is 0 Å². The molecule has 124 valence electrons. The number of nitrogens with one attached hydrogen (secondary N) is 1. The number of anilines is 1. The monoisotopic (exact) mass is 324 g/mol. The molecule has 6 heteroatoms. The highest BCUT2D eigenvalue weighted by Gasteiger charge is 2.13. The van der Waals surface area contributed by atoms with E-state index in [9.17, 15) is 4.79 Å². The van der Waals surface area contributed by atoms with Crippen molar-refractivity contribution in [1.82, 2.24) is 14.7 Å². The van der Waals surface area contributed by atoms with Crippen LogP contribution in [0.15, 0.2) is 47.1 Å². The summed E-state index contributed by atoms with van der Waals surface area (Å²) in [5, 5.41) is 6.78. The van der Waals surface area contributed by atoms with Gasteiger partial charge in [-0.1, -0.05) is 31.1 Å². The van der Waals surface area contributed by atoms with Crippen molar-refractivity contribution in [2.75, 3.05) is 5.32 Å². The Morgan fingerprint density at radius 1 is 1.25 bits per heavy atom. The van der Waals surface area contributed by atoms with Gasteiger partial charge in [-0.2, -0.15) is 4.98 Å². The van der Waals surface area contributed by atoms with Gasteiger partial charge in [-0.25, -0.2) is 0 Å². The smallest absolute Gasteiger partial charge is 0.272 e. The van der Waals surface area contributed by atoms with Gasteiger partial charge in [-0.05, 0) is 35.7 Å². The van der Waals surface area contributed by atoms with E-state index in [1.54, 1.807) is 17.6 Å². The van der Waals surface area contributed by atoms with E-state index in [4.69, 9.17) is 4.52 Å². The second-order valence-electron chi connectivity index (χ2n) is 5.98. The molecule has 0 saturated carbocycles. The van der Waals surface area contributed by atoms with E-state index in [1.165, 1.54) is 5.56 Å². The van der Waals surface area contributed by atoms with Crippen LogP contribution in [-0.4, -0.2) is 20.6 Å². The number of aryl methyl sites for hydroxylation is 1. The number of carbonyl (C=O) groups is 1. The molecule has 0 saturated heterocycles. The minimum absolute atomic E-state index is 0.169. The number of hydrogen-bond donors (Lipinski definition) is 1. The Bertz CT molecular complexity index is 831. The minimum Gasteiger partial charge on any atom is -0.340 e. The fourth-order valence-electron chi connectivity index (χ4n) is 2.46. The molecule has 0 atom stereocenters. The third kappa shape index (κ3) is 3.53. The first kappa shape index (κ1) is 16.0. The number of aromatic nitrogens is 3. The number of benzene rings is 1. The molecule has 1 aromatic carbocycles. The minimum atomic E-state index is -0.169. The quantitative estimate of drug-likeness (QED) is 0.778. The van der Waals surface area contributed by atoms with Crippen LogP contribution in [0, 0.1) is 6.92 Å². The first-order valence-corrected chi connectivity index (χ1v) is 7.88. The molecule has 0 fully saturated rings. The third-order valence-corrected chi connectivity index (χ3v) is 3.78.